The highest BCUT2D eigenvalue weighted by molar-refractivity contribution is 6.05. The normalized spacial score (nSPS) is 39.7. The van der Waals surface area contributed by atoms with E-state index < -0.39 is 0 Å². The lowest BCUT2D eigenvalue weighted by Crippen LogP contribution is -2.50. The van der Waals surface area contributed by atoms with E-state index in [2.05, 4.69) is 4.98 Å². The van der Waals surface area contributed by atoms with Gasteiger partial charge >= 0.3 is 0 Å². The lowest BCUT2D eigenvalue weighted by atomic mass is 9.48. The van der Waals surface area contributed by atoms with Gasteiger partial charge in [-0.25, -0.2) is 0 Å². The Balaban J connectivity index is 1.74. The Morgan fingerprint density at radius 1 is 1.21 bits per heavy atom. The third-order valence-corrected chi connectivity index (χ3v) is 5.85. The van der Waals surface area contributed by atoms with Gasteiger partial charge in [0.1, 0.15) is 0 Å². The quantitative estimate of drug-likeness (QED) is 0.800. The SMILES string of the molecule is Cc1[nH]cc(N)c1C(=O)C12CC3CC(CC(C3)C1)C2. The highest BCUT2D eigenvalue weighted by Crippen LogP contribution is 2.61. The van der Waals surface area contributed by atoms with Gasteiger partial charge in [-0.05, 0) is 63.2 Å². The zero-order chi connectivity index (χ0) is 13.2. The monoisotopic (exact) mass is 258 g/mol. The number of aryl methyl sites for hydroxylation is 1. The molecule has 4 bridgehead atoms. The second kappa shape index (κ2) is 3.65. The molecular formula is C16H22N2O. The molecule has 19 heavy (non-hydrogen) atoms. The highest BCUT2D eigenvalue weighted by atomic mass is 16.1. The van der Waals surface area contributed by atoms with Gasteiger partial charge in [-0.1, -0.05) is 0 Å². The molecule has 0 aliphatic heterocycles. The molecule has 1 heterocycles. The van der Waals surface area contributed by atoms with Gasteiger partial charge in [-0.15, -0.1) is 0 Å². The fraction of sp³-hybridized carbons (Fsp3) is 0.688. The van der Waals surface area contributed by atoms with E-state index in [0.29, 0.717) is 11.5 Å². The number of nitrogens with one attached hydrogen (secondary N) is 1. The van der Waals surface area contributed by atoms with Crippen LogP contribution in [0.2, 0.25) is 0 Å². The average Bonchev–Trinajstić information content (AvgIpc) is 2.66. The van der Waals surface area contributed by atoms with Gasteiger partial charge in [0.2, 0.25) is 0 Å². The van der Waals surface area contributed by atoms with Crippen molar-refractivity contribution in [2.45, 2.75) is 45.4 Å². The Labute approximate surface area is 114 Å². The molecule has 0 radical (unpaired) electrons. The van der Waals surface area contributed by atoms with Gasteiger partial charge in [0.15, 0.2) is 5.78 Å². The third-order valence-electron chi connectivity index (χ3n) is 5.85. The van der Waals surface area contributed by atoms with E-state index in [0.717, 1.165) is 48.3 Å². The van der Waals surface area contributed by atoms with Crippen molar-refractivity contribution in [3.05, 3.63) is 17.5 Å². The molecule has 1 aromatic rings. The van der Waals surface area contributed by atoms with Crippen LogP contribution in [0.4, 0.5) is 5.69 Å². The summed E-state index contributed by atoms with van der Waals surface area (Å²) in [6, 6.07) is 0. The summed E-state index contributed by atoms with van der Waals surface area (Å²) in [5.74, 6) is 2.74. The molecule has 0 atom stereocenters. The van der Waals surface area contributed by atoms with Crippen LogP contribution in [-0.4, -0.2) is 10.8 Å². The summed E-state index contributed by atoms with van der Waals surface area (Å²) in [5, 5.41) is 0. The fourth-order valence-corrected chi connectivity index (χ4v) is 5.50. The van der Waals surface area contributed by atoms with Crippen LogP contribution in [0.25, 0.3) is 0 Å². The number of Topliss-reactive ketones (excluding diaryl/α,β-unsaturated/α-hetero) is 1. The molecule has 0 amide bonds. The standard InChI is InChI=1S/C16H22N2O/c1-9-14(13(17)8-18-9)15(19)16-5-10-2-11(6-16)4-12(3-10)7-16/h8,10-12,18H,2-7,17H2,1H3. The number of ketones is 1. The molecule has 0 unspecified atom stereocenters. The minimum Gasteiger partial charge on any atom is -0.397 e. The molecular weight excluding hydrogens is 236 g/mol. The zero-order valence-electron chi connectivity index (χ0n) is 11.5. The van der Waals surface area contributed by atoms with E-state index in [9.17, 15) is 4.79 Å². The molecule has 1 aromatic heterocycles. The smallest absolute Gasteiger partial charge is 0.172 e. The molecule has 5 rings (SSSR count). The number of nitrogens with two attached hydrogens (primary N) is 1. The average molecular weight is 258 g/mol. The summed E-state index contributed by atoms with van der Waals surface area (Å²) in [6.07, 6.45) is 9.21. The number of carbonyl (C=O) groups is 1. The second-order valence-corrected chi connectivity index (χ2v) is 7.27. The van der Waals surface area contributed by atoms with Crippen molar-refractivity contribution >= 4 is 11.5 Å². The Kier molecular flexibility index (Phi) is 2.22. The summed E-state index contributed by atoms with van der Waals surface area (Å²) in [4.78, 5) is 16.2. The molecule has 4 fully saturated rings. The molecule has 4 aliphatic carbocycles. The number of nitrogen functional groups attached to an aromatic ring is 1. The van der Waals surface area contributed by atoms with Crippen molar-refractivity contribution < 1.29 is 4.79 Å². The van der Waals surface area contributed by atoms with Crippen LogP contribution in [0.5, 0.6) is 0 Å². The number of anilines is 1. The van der Waals surface area contributed by atoms with E-state index in [-0.39, 0.29) is 5.41 Å². The minimum absolute atomic E-state index is 0.0736. The predicted molar refractivity (Wildman–Crippen MR) is 74.9 cm³/mol. The van der Waals surface area contributed by atoms with Crippen LogP contribution in [0.3, 0.4) is 0 Å². The fourth-order valence-electron chi connectivity index (χ4n) is 5.50. The van der Waals surface area contributed by atoms with Crippen LogP contribution in [0.15, 0.2) is 6.20 Å². The maximum Gasteiger partial charge on any atom is 0.172 e. The number of H-pyrrole nitrogens is 1. The van der Waals surface area contributed by atoms with Crippen LogP contribution >= 0.6 is 0 Å². The van der Waals surface area contributed by atoms with E-state index in [4.69, 9.17) is 5.73 Å². The molecule has 3 N–H and O–H groups in total. The van der Waals surface area contributed by atoms with Crippen LogP contribution in [0.1, 0.15) is 54.6 Å². The summed E-state index contributed by atoms with van der Waals surface area (Å²) in [7, 11) is 0. The molecule has 0 aromatic carbocycles. The van der Waals surface area contributed by atoms with Gasteiger partial charge in [0.25, 0.3) is 0 Å². The third kappa shape index (κ3) is 1.53. The Morgan fingerprint density at radius 2 is 1.74 bits per heavy atom. The molecule has 3 nitrogen and oxygen atoms in total. The van der Waals surface area contributed by atoms with Gasteiger partial charge in [-0.3, -0.25) is 4.79 Å². The van der Waals surface area contributed by atoms with E-state index >= 15 is 0 Å². The molecule has 102 valence electrons. The number of rotatable bonds is 2. The van der Waals surface area contributed by atoms with Crippen molar-refractivity contribution in [1.82, 2.24) is 4.98 Å². The van der Waals surface area contributed by atoms with Crippen LogP contribution < -0.4 is 5.73 Å². The van der Waals surface area contributed by atoms with Crippen molar-refractivity contribution in [3.63, 3.8) is 0 Å². The number of aromatic nitrogens is 1. The number of hydrogen-bond acceptors (Lipinski definition) is 2. The second-order valence-electron chi connectivity index (χ2n) is 7.27. The molecule has 4 aliphatic rings. The van der Waals surface area contributed by atoms with Gasteiger partial charge in [0.05, 0.1) is 11.3 Å². The first-order chi connectivity index (χ1) is 9.07. The zero-order valence-corrected chi connectivity index (χ0v) is 11.5. The Bertz CT molecular complexity index is 488. The van der Waals surface area contributed by atoms with Crippen LogP contribution in [0, 0.1) is 30.1 Å². The highest BCUT2D eigenvalue weighted by Gasteiger charge is 2.55. The van der Waals surface area contributed by atoms with Gasteiger partial charge in [0, 0.05) is 17.3 Å². The number of hydrogen-bond donors (Lipinski definition) is 2. The van der Waals surface area contributed by atoms with Crippen molar-refractivity contribution in [1.29, 1.82) is 0 Å². The Hall–Kier alpha value is -1.25. The molecule has 3 heteroatoms. The predicted octanol–water partition coefficient (Wildman–Crippen LogP) is 3.30. The Morgan fingerprint density at radius 3 is 2.16 bits per heavy atom. The number of aromatic amines is 1. The summed E-state index contributed by atoms with van der Waals surface area (Å²) in [5.41, 5.74) is 8.30. The van der Waals surface area contributed by atoms with E-state index in [1.54, 1.807) is 6.20 Å². The first kappa shape index (κ1) is 11.6. The van der Waals surface area contributed by atoms with E-state index in [1.165, 1.54) is 19.3 Å². The maximum atomic E-state index is 13.1. The lowest BCUT2D eigenvalue weighted by Gasteiger charge is -2.56. The topological polar surface area (TPSA) is 58.9 Å². The number of carbonyl (C=O) groups excluding carboxylic acids is 1. The first-order valence-corrected chi connectivity index (χ1v) is 7.56. The van der Waals surface area contributed by atoms with Crippen molar-refractivity contribution in [3.8, 4) is 0 Å². The van der Waals surface area contributed by atoms with Gasteiger partial charge < -0.3 is 10.7 Å². The van der Waals surface area contributed by atoms with Gasteiger partial charge in [-0.2, -0.15) is 0 Å². The van der Waals surface area contributed by atoms with Crippen molar-refractivity contribution in [2.75, 3.05) is 5.73 Å². The van der Waals surface area contributed by atoms with Crippen LogP contribution in [-0.2, 0) is 0 Å². The molecule has 0 spiro atoms. The van der Waals surface area contributed by atoms with Crippen molar-refractivity contribution in [2.24, 2.45) is 23.2 Å². The summed E-state index contributed by atoms with van der Waals surface area (Å²) >= 11 is 0. The first-order valence-electron chi connectivity index (χ1n) is 7.56. The summed E-state index contributed by atoms with van der Waals surface area (Å²) < 4.78 is 0. The largest absolute Gasteiger partial charge is 0.397 e. The molecule has 0 saturated heterocycles. The maximum absolute atomic E-state index is 13.1. The molecule has 4 saturated carbocycles. The minimum atomic E-state index is -0.0736. The lowest BCUT2D eigenvalue weighted by molar-refractivity contribution is -0.0352. The summed E-state index contributed by atoms with van der Waals surface area (Å²) in [6.45, 7) is 1.96. The van der Waals surface area contributed by atoms with E-state index in [1.807, 2.05) is 6.92 Å².